The Morgan fingerprint density at radius 1 is 1.43 bits per heavy atom. The van der Waals surface area contributed by atoms with Gasteiger partial charge in [-0.1, -0.05) is 6.92 Å². The molecule has 21 heavy (non-hydrogen) atoms. The molecule has 2 aromatic heterocycles. The van der Waals surface area contributed by atoms with E-state index in [1.165, 1.54) is 0 Å². The molecule has 0 radical (unpaired) electrons. The molecule has 8 heteroatoms. The third-order valence-corrected chi connectivity index (χ3v) is 4.54. The van der Waals surface area contributed by atoms with E-state index in [2.05, 4.69) is 20.0 Å². The van der Waals surface area contributed by atoms with Crippen LogP contribution in [0.3, 0.4) is 0 Å². The van der Waals surface area contributed by atoms with Gasteiger partial charge < -0.3 is 14.7 Å². The van der Waals surface area contributed by atoms with Crippen LogP contribution in [-0.2, 0) is 23.0 Å². The van der Waals surface area contributed by atoms with Crippen molar-refractivity contribution >= 4 is 10.0 Å². The SMILES string of the molecule is CCNCc1cc(S(=O)(=O)NCCc2ncc[nH]2)c(C)o1. The predicted octanol–water partition coefficient (Wildman–Crippen LogP) is 0.942. The summed E-state index contributed by atoms with van der Waals surface area (Å²) < 4.78 is 32.5. The third kappa shape index (κ3) is 4.16. The fourth-order valence-corrected chi connectivity index (χ4v) is 3.18. The van der Waals surface area contributed by atoms with Crippen LogP contribution in [0.2, 0.25) is 0 Å². The first-order valence-electron chi connectivity index (χ1n) is 6.81. The van der Waals surface area contributed by atoms with Crippen LogP contribution in [0.4, 0.5) is 0 Å². The van der Waals surface area contributed by atoms with Gasteiger partial charge >= 0.3 is 0 Å². The minimum absolute atomic E-state index is 0.190. The molecule has 7 nitrogen and oxygen atoms in total. The van der Waals surface area contributed by atoms with Crippen molar-refractivity contribution in [1.82, 2.24) is 20.0 Å². The maximum atomic E-state index is 12.2. The lowest BCUT2D eigenvalue weighted by Crippen LogP contribution is -2.26. The van der Waals surface area contributed by atoms with Crippen LogP contribution in [0, 0.1) is 6.92 Å². The lowest BCUT2D eigenvalue weighted by molar-refractivity contribution is 0.460. The van der Waals surface area contributed by atoms with Gasteiger partial charge in [-0.3, -0.25) is 0 Å². The van der Waals surface area contributed by atoms with Crippen molar-refractivity contribution in [2.24, 2.45) is 0 Å². The highest BCUT2D eigenvalue weighted by atomic mass is 32.2. The van der Waals surface area contributed by atoms with Crippen LogP contribution in [0.15, 0.2) is 27.8 Å². The molecule has 2 rings (SSSR count). The number of imidazole rings is 1. The average Bonchev–Trinajstić information content (AvgIpc) is 3.06. The molecule has 0 fully saturated rings. The lowest BCUT2D eigenvalue weighted by Gasteiger charge is -2.04. The molecular weight excluding hydrogens is 292 g/mol. The van der Waals surface area contributed by atoms with Gasteiger partial charge in [0.05, 0.1) is 6.54 Å². The summed E-state index contributed by atoms with van der Waals surface area (Å²) in [5, 5.41) is 3.10. The highest BCUT2D eigenvalue weighted by Gasteiger charge is 2.20. The summed E-state index contributed by atoms with van der Waals surface area (Å²) in [4.78, 5) is 7.17. The Morgan fingerprint density at radius 2 is 2.24 bits per heavy atom. The van der Waals surface area contributed by atoms with Gasteiger partial charge in [0, 0.05) is 31.4 Å². The zero-order valence-electron chi connectivity index (χ0n) is 12.1. The fourth-order valence-electron chi connectivity index (χ4n) is 1.94. The highest BCUT2D eigenvalue weighted by Crippen LogP contribution is 2.19. The van der Waals surface area contributed by atoms with Crippen molar-refractivity contribution in [2.45, 2.75) is 31.7 Å². The Balaban J connectivity index is 1.99. The van der Waals surface area contributed by atoms with Gasteiger partial charge in [-0.2, -0.15) is 0 Å². The Labute approximate surface area is 124 Å². The van der Waals surface area contributed by atoms with Crippen molar-refractivity contribution in [1.29, 1.82) is 0 Å². The van der Waals surface area contributed by atoms with E-state index in [1.54, 1.807) is 25.4 Å². The van der Waals surface area contributed by atoms with E-state index in [-0.39, 0.29) is 11.4 Å². The van der Waals surface area contributed by atoms with Crippen LogP contribution in [0.25, 0.3) is 0 Å². The van der Waals surface area contributed by atoms with Crippen LogP contribution in [-0.4, -0.2) is 31.5 Å². The largest absolute Gasteiger partial charge is 0.464 e. The van der Waals surface area contributed by atoms with E-state index in [4.69, 9.17) is 4.42 Å². The number of furan rings is 1. The summed E-state index contributed by atoms with van der Waals surface area (Å²) >= 11 is 0. The molecule has 0 aliphatic heterocycles. The molecule has 0 aliphatic carbocycles. The normalized spacial score (nSPS) is 11.9. The summed E-state index contributed by atoms with van der Waals surface area (Å²) in [6, 6.07) is 1.56. The topological polar surface area (TPSA) is 100 Å². The number of nitrogens with zero attached hydrogens (tertiary/aromatic N) is 1. The summed E-state index contributed by atoms with van der Waals surface area (Å²) in [5.41, 5.74) is 0. The minimum Gasteiger partial charge on any atom is -0.464 e. The van der Waals surface area contributed by atoms with E-state index < -0.39 is 10.0 Å². The zero-order chi connectivity index (χ0) is 15.3. The quantitative estimate of drug-likeness (QED) is 0.673. The number of H-pyrrole nitrogens is 1. The van der Waals surface area contributed by atoms with Crippen LogP contribution >= 0.6 is 0 Å². The van der Waals surface area contributed by atoms with E-state index in [9.17, 15) is 8.42 Å². The number of nitrogens with one attached hydrogen (secondary N) is 3. The molecule has 2 heterocycles. The molecule has 0 bridgehead atoms. The van der Waals surface area contributed by atoms with Crippen molar-refractivity contribution in [3.63, 3.8) is 0 Å². The lowest BCUT2D eigenvalue weighted by atomic mass is 10.4. The van der Waals surface area contributed by atoms with Gasteiger partial charge in [-0.05, 0) is 13.5 Å². The third-order valence-electron chi connectivity index (χ3n) is 2.97. The van der Waals surface area contributed by atoms with Crippen molar-refractivity contribution in [3.05, 3.63) is 35.8 Å². The number of sulfonamides is 1. The van der Waals surface area contributed by atoms with Gasteiger partial charge in [0.1, 0.15) is 22.2 Å². The monoisotopic (exact) mass is 312 g/mol. The second kappa shape index (κ2) is 6.88. The van der Waals surface area contributed by atoms with E-state index in [0.717, 1.165) is 12.4 Å². The van der Waals surface area contributed by atoms with Gasteiger partial charge in [0.2, 0.25) is 10.0 Å². The van der Waals surface area contributed by atoms with E-state index >= 15 is 0 Å². The maximum Gasteiger partial charge on any atom is 0.244 e. The molecule has 2 aromatic rings. The Bertz CT molecular complexity index is 662. The summed E-state index contributed by atoms with van der Waals surface area (Å²) in [5.74, 6) is 1.75. The number of rotatable bonds is 8. The molecule has 3 N–H and O–H groups in total. The van der Waals surface area contributed by atoms with Gasteiger partial charge in [0.25, 0.3) is 0 Å². The van der Waals surface area contributed by atoms with E-state index in [1.807, 2.05) is 6.92 Å². The second-order valence-corrected chi connectivity index (χ2v) is 6.33. The number of hydrogen-bond acceptors (Lipinski definition) is 5. The Kier molecular flexibility index (Phi) is 5.16. The number of hydrogen-bond donors (Lipinski definition) is 3. The molecule has 0 amide bonds. The van der Waals surface area contributed by atoms with Crippen LogP contribution in [0.1, 0.15) is 24.3 Å². The fraction of sp³-hybridized carbons (Fsp3) is 0.462. The first-order valence-corrected chi connectivity index (χ1v) is 8.29. The molecule has 116 valence electrons. The molecule has 0 saturated carbocycles. The van der Waals surface area contributed by atoms with Crippen molar-refractivity contribution < 1.29 is 12.8 Å². The molecule has 0 spiro atoms. The molecule has 0 aliphatic rings. The number of aromatic amines is 1. The van der Waals surface area contributed by atoms with E-state index in [0.29, 0.717) is 24.5 Å². The van der Waals surface area contributed by atoms with Gasteiger partial charge in [-0.15, -0.1) is 0 Å². The maximum absolute atomic E-state index is 12.2. The molecule has 0 saturated heterocycles. The first-order chi connectivity index (χ1) is 10.0. The van der Waals surface area contributed by atoms with Crippen LogP contribution in [0.5, 0.6) is 0 Å². The summed E-state index contributed by atoms with van der Waals surface area (Å²) in [6.45, 7) is 5.21. The second-order valence-electron chi connectivity index (χ2n) is 4.60. The number of aryl methyl sites for hydroxylation is 1. The minimum atomic E-state index is -3.56. The predicted molar refractivity (Wildman–Crippen MR) is 78.3 cm³/mol. The first kappa shape index (κ1) is 15.7. The zero-order valence-corrected chi connectivity index (χ0v) is 13.0. The highest BCUT2D eigenvalue weighted by molar-refractivity contribution is 7.89. The average molecular weight is 312 g/mol. The van der Waals surface area contributed by atoms with Gasteiger partial charge in [0.15, 0.2) is 0 Å². The summed E-state index contributed by atoms with van der Waals surface area (Å²) in [7, 11) is -3.56. The van der Waals surface area contributed by atoms with Crippen LogP contribution < -0.4 is 10.0 Å². The number of aromatic nitrogens is 2. The standard InChI is InChI=1S/C13H20N4O3S/c1-3-14-9-11-8-12(10(2)20-11)21(18,19)17-5-4-13-15-6-7-16-13/h6-8,14,17H,3-5,9H2,1-2H3,(H,15,16). The van der Waals surface area contributed by atoms with Crippen molar-refractivity contribution in [2.75, 3.05) is 13.1 Å². The Morgan fingerprint density at radius 3 is 2.90 bits per heavy atom. The molecular formula is C13H20N4O3S. The molecule has 0 aromatic carbocycles. The molecule has 0 unspecified atom stereocenters. The smallest absolute Gasteiger partial charge is 0.244 e. The van der Waals surface area contributed by atoms with Crippen molar-refractivity contribution in [3.8, 4) is 0 Å². The molecule has 0 atom stereocenters. The Hall–Kier alpha value is -1.64. The van der Waals surface area contributed by atoms with Gasteiger partial charge in [-0.25, -0.2) is 18.1 Å². The summed E-state index contributed by atoms with van der Waals surface area (Å²) in [6.07, 6.45) is 3.85.